The van der Waals surface area contributed by atoms with Gasteiger partial charge in [-0.05, 0) is 41.5 Å². The highest BCUT2D eigenvalue weighted by molar-refractivity contribution is 7.26. The van der Waals surface area contributed by atoms with Gasteiger partial charge in [0.1, 0.15) is 11.2 Å². The molecule has 0 spiro atoms. The standard InChI is InChI=1S/C49H29N5OS/c1-4-14-30(15-5-1)46-50-43(45-44(51-46)36-22-10-11-25-41(36)56-45)35-21-12-20-33(28-35)34-26-27-39-38(29-34)42-37(23-13-24-40(42)55-39)49-53-47(31-16-6-2-7-17-31)52-48(54-49)32-18-8-3-9-19-32/h1-29H. The van der Waals surface area contributed by atoms with Gasteiger partial charge in [0, 0.05) is 48.7 Å². The molecule has 56 heavy (non-hydrogen) atoms. The van der Waals surface area contributed by atoms with Crippen LogP contribution in [0.4, 0.5) is 0 Å². The summed E-state index contributed by atoms with van der Waals surface area (Å²) in [6, 6.07) is 59.9. The second kappa shape index (κ2) is 13.2. The average molecular weight is 736 g/mol. The van der Waals surface area contributed by atoms with E-state index in [1.54, 1.807) is 11.3 Å². The molecule has 11 rings (SSSR count). The molecule has 0 amide bonds. The molecule has 6 nitrogen and oxygen atoms in total. The third-order valence-electron chi connectivity index (χ3n) is 10.2. The first-order valence-corrected chi connectivity index (χ1v) is 19.2. The molecule has 262 valence electrons. The summed E-state index contributed by atoms with van der Waals surface area (Å²) in [5, 5.41) is 3.09. The SMILES string of the molecule is c1ccc(-c2nc(-c3ccccc3)nc(-c3cccc4oc5ccc(-c6cccc(-c7nc(-c8ccccc8)nc8c7sc7ccccc78)c6)cc5c34)n2)cc1. The minimum absolute atomic E-state index is 0.587. The Kier molecular flexibility index (Phi) is 7.57. The fourth-order valence-corrected chi connectivity index (χ4v) is 8.62. The van der Waals surface area contributed by atoms with Crippen molar-refractivity contribution in [3.8, 4) is 67.9 Å². The summed E-state index contributed by atoms with van der Waals surface area (Å²) in [6.45, 7) is 0. The van der Waals surface area contributed by atoms with Gasteiger partial charge < -0.3 is 4.42 Å². The lowest BCUT2D eigenvalue weighted by atomic mass is 9.98. The van der Waals surface area contributed by atoms with Crippen molar-refractivity contribution < 1.29 is 4.42 Å². The second-order valence-electron chi connectivity index (χ2n) is 13.6. The van der Waals surface area contributed by atoms with Crippen LogP contribution in [0.25, 0.3) is 110 Å². The summed E-state index contributed by atoms with van der Waals surface area (Å²) >= 11 is 1.74. The minimum atomic E-state index is 0.587. The maximum absolute atomic E-state index is 6.47. The average Bonchev–Trinajstić information content (AvgIpc) is 3.85. The molecule has 0 aliphatic rings. The van der Waals surface area contributed by atoms with Crippen molar-refractivity contribution in [3.05, 3.63) is 176 Å². The van der Waals surface area contributed by atoms with E-state index in [0.717, 1.165) is 82.2 Å². The van der Waals surface area contributed by atoms with Crippen LogP contribution in [0.5, 0.6) is 0 Å². The molecule has 0 saturated heterocycles. The Morgan fingerprint density at radius 1 is 0.375 bits per heavy atom. The first kappa shape index (κ1) is 32.1. The number of hydrogen-bond acceptors (Lipinski definition) is 7. The molecule has 0 radical (unpaired) electrons. The first-order valence-electron chi connectivity index (χ1n) is 18.4. The van der Waals surface area contributed by atoms with Gasteiger partial charge in [0.25, 0.3) is 0 Å². The van der Waals surface area contributed by atoms with Crippen LogP contribution in [0, 0.1) is 0 Å². The van der Waals surface area contributed by atoms with Gasteiger partial charge in [0.15, 0.2) is 23.3 Å². The highest BCUT2D eigenvalue weighted by atomic mass is 32.1. The van der Waals surface area contributed by atoms with Crippen molar-refractivity contribution in [3.63, 3.8) is 0 Å². The Morgan fingerprint density at radius 3 is 1.66 bits per heavy atom. The summed E-state index contributed by atoms with van der Waals surface area (Å²) in [7, 11) is 0. The summed E-state index contributed by atoms with van der Waals surface area (Å²) in [6.07, 6.45) is 0. The molecule has 11 aromatic rings. The van der Waals surface area contributed by atoms with Gasteiger partial charge in [-0.15, -0.1) is 11.3 Å². The summed E-state index contributed by atoms with van der Waals surface area (Å²) < 4.78 is 8.74. The second-order valence-corrected chi connectivity index (χ2v) is 14.7. The van der Waals surface area contributed by atoms with Crippen LogP contribution in [0.1, 0.15) is 0 Å². The van der Waals surface area contributed by atoms with Crippen LogP contribution >= 0.6 is 11.3 Å². The van der Waals surface area contributed by atoms with Crippen molar-refractivity contribution in [1.82, 2.24) is 24.9 Å². The van der Waals surface area contributed by atoms with Crippen LogP contribution in [-0.4, -0.2) is 24.9 Å². The molecule has 0 atom stereocenters. The van der Waals surface area contributed by atoms with Gasteiger partial charge in [0.05, 0.1) is 15.9 Å². The molecule has 7 heteroatoms. The summed E-state index contributed by atoms with van der Waals surface area (Å²) in [5.74, 6) is 2.53. The largest absolute Gasteiger partial charge is 0.456 e. The van der Waals surface area contributed by atoms with Gasteiger partial charge in [0.2, 0.25) is 0 Å². The number of hydrogen-bond donors (Lipinski definition) is 0. The molecule has 7 aromatic carbocycles. The molecular weight excluding hydrogens is 707 g/mol. The maximum Gasteiger partial charge on any atom is 0.164 e. The van der Waals surface area contributed by atoms with Gasteiger partial charge >= 0.3 is 0 Å². The fraction of sp³-hybridized carbons (Fsp3) is 0. The normalized spacial score (nSPS) is 11.6. The van der Waals surface area contributed by atoms with E-state index in [2.05, 4.69) is 84.9 Å². The summed E-state index contributed by atoms with van der Waals surface area (Å²) in [5.41, 5.74) is 10.3. The van der Waals surface area contributed by atoms with Crippen LogP contribution in [0.15, 0.2) is 180 Å². The minimum Gasteiger partial charge on any atom is -0.456 e. The van der Waals surface area contributed by atoms with Gasteiger partial charge in [-0.2, -0.15) is 0 Å². The molecule has 0 N–H and O–H groups in total. The zero-order valence-corrected chi connectivity index (χ0v) is 30.6. The van der Waals surface area contributed by atoms with Crippen molar-refractivity contribution in [2.24, 2.45) is 0 Å². The smallest absolute Gasteiger partial charge is 0.164 e. The number of thiophene rings is 1. The van der Waals surface area contributed by atoms with Crippen molar-refractivity contribution in [1.29, 1.82) is 0 Å². The predicted octanol–water partition coefficient (Wildman–Crippen LogP) is 12.9. The number of benzene rings is 7. The predicted molar refractivity (Wildman–Crippen MR) is 228 cm³/mol. The topological polar surface area (TPSA) is 77.6 Å². The lowest BCUT2D eigenvalue weighted by Crippen LogP contribution is -2.00. The fourth-order valence-electron chi connectivity index (χ4n) is 7.47. The molecule has 0 unspecified atom stereocenters. The quantitative estimate of drug-likeness (QED) is 0.169. The molecule has 0 fully saturated rings. The Bertz CT molecular complexity index is 3190. The highest BCUT2D eigenvalue weighted by Gasteiger charge is 2.20. The Labute approximate surface area is 325 Å². The Hall–Kier alpha value is -7.35. The van der Waals surface area contributed by atoms with Crippen molar-refractivity contribution >= 4 is 53.6 Å². The van der Waals surface area contributed by atoms with Gasteiger partial charge in [-0.3, -0.25) is 0 Å². The van der Waals surface area contributed by atoms with Crippen molar-refractivity contribution in [2.75, 3.05) is 0 Å². The third-order valence-corrected chi connectivity index (χ3v) is 11.3. The lowest BCUT2D eigenvalue weighted by Gasteiger charge is -2.10. The maximum atomic E-state index is 6.47. The van der Waals surface area contributed by atoms with Gasteiger partial charge in [-0.1, -0.05) is 146 Å². The van der Waals surface area contributed by atoms with Crippen LogP contribution < -0.4 is 0 Å². The first-order chi connectivity index (χ1) is 27.7. The Morgan fingerprint density at radius 2 is 0.946 bits per heavy atom. The number of aromatic nitrogens is 5. The molecular formula is C49H29N5OS. The molecule has 4 heterocycles. The lowest BCUT2D eigenvalue weighted by molar-refractivity contribution is 0.669. The van der Waals surface area contributed by atoms with E-state index in [1.807, 2.05) is 91.0 Å². The summed E-state index contributed by atoms with van der Waals surface area (Å²) in [4.78, 5) is 25.4. The van der Waals surface area contributed by atoms with E-state index >= 15 is 0 Å². The third kappa shape index (κ3) is 5.52. The number of nitrogens with zero attached hydrogens (tertiary/aromatic N) is 5. The van der Waals surface area contributed by atoms with E-state index in [0.29, 0.717) is 23.3 Å². The van der Waals surface area contributed by atoms with Crippen molar-refractivity contribution in [2.45, 2.75) is 0 Å². The molecule has 0 bridgehead atoms. The van der Waals surface area contributed by atoms with Crippen LogP contribution in [-0.2, 0) is 0 Å². The zero-order chi connectivity index (χ0) is 37.0. The molecule has 0 aliphatic carbocycles. The molecule has 4 aromatic heterocycles. The van der Waals surface area contributed by atoms with Crippen LogP contribution in [0.2, 0.25) is 0 Å². The zero-order valence-electron chi connectivity index (χ0n) is 29.8. The van der Waals surface area contributed by atoms with E-state index in [4.69, 9.17) is 29.3 Å². The molecule has 0 aliphatic heterocycles. The van der Waals surface area contributed by atoms with E-state index < -0.39 is 0 Å². The monoisotopic (exact) mass is 735 g/mol. The van der Waals surface area contributed by atoms with E-state index in [-0.39, 0.29) is 0 Å². The number of fused-ring (bicyclic) bond motifs is 6. The number of furan rings is 1. The van der Waals surface area contributed by atoms with E-state index in [9.17, 15) is 0 Å². The highest BCUT2D eigenvalue weighted by Crippen LogP contribution is 2.42. The Balaban J connectivity index is 1.07. The number of rotatable bonds is 6. The van der Waals surface area contributed by atoms with Crippen LogP contribution in [0.3, 0.4) is 0 Å². The van der Waals surface area contributed by atoms with E-state index in [1.165, 1.54) is 4.70 Å². The van der Waals surface area contributed by atoms with Gasteiger partial charge in [-0.25, -0.2) is 24.9 Å². The molecule has 0 saturated carbocycles.